The molecule has 0 bridgehead atoms. The number of hydrogen-bond acceptors (Lipinski definition) is 3. The first-order valence-electron chi connectivity index (χ1n) is 5.42. The molecule has 0 heterocycles. The van der Waals surface area contributed by atoms with Gasteiger partial charge in [0.2, 0.25) is 5.91 Å². The molecule has 0 saturated carbocycles. The van der Waals surface area contributed by atoms with Crippen molar-refractivity contribution in [3.63, 3.8) is 0 Å². The SMILES string of the molecule is CC(C)C(CC(=O)O)NC(=O)CC(C)(C)N. The quantitative estimate of drug-likeness (QED) is 0.627. The number of aliphatic carboxylic acids is 1. The molecule has 0 radical (unpaired) electrons. The fraction of sp³-hybridized carbons (Fsp3) is 0.818. The molecule has 1 unspecified atom stereocenters. The Morgan fingerprint density at radius 3 is 2.19 bits per heavy atom. The van der Waals surface area contributed by atoms with Crippen LogP contribution in [0.1, 0.15) is 40.5 Å². The number of nitrogens with two attached hydrogens (primary N) is 1. The van der Waals surface area contributed by atoms with Crippen LogP contribution in [0.3, 0.4) is 0 Å². The van der Waals surface area contributed by atoms with Crippen molar-refractivity contribution in [1.82, 2.24) is 5.32 Å². The normalized spacial score (nSPS) is 13.6. The molecule has 5 nitrogen and oxygen atoms in total. The maximum atomic E-state index is 11.6. The molecule has 5 heteroatoms. The maximum Gasteiger partial charge on any atom is 0.305 e. The van der Waals surface area contributed by atoms with E-state index in [4.69, 9.17) is 10.8 Å². The third-order valence-corrected chi connectivity index (χ3v) is 2.16. The number of carboxylic acid groups (broad SMARTS) is 1. The number of hydrogen-bond donors (Lipinski definition) is 3. The Kier molecular flexibility index (Phi) is 5.44. The Bertz CT molecular complexity index is 256. The highest BCUT2D eigenvalue weighted by Crippen LogP contribution is 2.09. The Morgan fingerprint density at radius 1 is 1.38 bits per heavy atom. The van der Waals surface area contributed by atoms with Crippen LogP contribution >= 0.6 is 0 Å². The molecule has 0 fully saturated rings. The summed E-state index contributed by atoms with van der Waals surface area (Å²) in [4.78, 5) is 22.2. The molecule has 4 N–H and O–H groups in total. The van der Waals surface area contributed by atoms with Crippen molar-refractivity contribution in [2.24, 2.45) is 11.7 Å². The zero-order chi connectivity index (χ0) is 12.9. The van der Waals surface area contributed by atoms with Crippen molar-refractivity contribution in [2.75, 3.05) is 0 Å². The molecule has 0 spiro atoms. The van der Waals surface area contributed by atoms with Gasteiger partial charge in [0.1, 0.15) is 0 Å². The van der Waals surface area contributed by atoms with Crippen LogP contribution in [0.4, 0.5) is 0 Å². The molecule has 0 aliphatic rings. The molecule has 16 heavy (non-hydrogen) atoms. The molecule has 0 aliphatic carbocycles. The van der Waals surface area contributed by atoms with Gasteiger partial charge in [0.05, 0.1) is 6.42 Å². The predicted octanol–water partition coefficient (Wildman–Crippen LogP) is 0.729. The van der Waals surface area contributed by atoms with Crippen LogP contribution in [0, 0.1) is 5.92 Å². The highest BCUT2D eigenvalue weighted by atomic mass is 16.4. The maximum absolute atomic E-state index is 11.6. The fourth-order valence-electron chi connectivity index (χ4n) is 1.31. The van der Waals surface area contributed by atoms with E-state index in [1.54, 1.807) is 13.8 Å². The average molecular weight is 230 g/mol. The van der Waals surface area contributed by atoms with Gasteiger partial charge < -0.3 is 16.2 Å². The number of carboxylic acids is 1. The summed E-state index contributed by atoms with van der Waals surface area (Å²) in [6, 6.07) is -0.340. The van der Waals surface area contributed by atoms with Gasteiger partial charge in [-0.05, 0) is 19.8 Å². The summed E-state index contributed by atoms with van der Waals surface area (Å²) in [5, 5.41) is 11.4. The van der Waals surface area contributed by atoms with E-state index in [9.17, 15) is 9.59 Å². The van der Waals surface area contributed by atoms with Gasteiger partial charge in [-0.1, -0.05) is 13.8 Å². The van der Waals surface area contributed by atoms with Crippen LogP contribution in [0.25, 0.3) is 0 Å². The number of nitrogens with one attached hydrogen (secondary N) is 1. The van der Waals surface area contributed by atoms with E-state index in [0.717, 1.165) is 0 Å². The van der Waals surface area contributed by atoms with Crippen molar-refractivity contribution in [2.45, 2.75) is 52.1 Å². The van der Waals surface area contributed by atoms with E-state index >= 15 is 0 Å². The summed E-state index contributed by atoms with van der Waals surface area (Å²) in [5.41, 5.74) is 5.14. The molecule has 1 amide bonds. The number of carbonyl (C=O) groups excluding carboxylic acids is 1. The van der Waals surface area contributed by atoms with Crippen LogP contribution in [0.2, 0.25) is 0 Å². The lowest BCUT2D eigenvalue weighted by Gasteiger charge is -2.23. The summed E-state index contributed by atoms with van der Waals surface area (Å²) >= 11 is 0. The predicted molar refractivity (Wildman–Crippen MR) is 61.9 cm³/mol. The second kappa shape index (κ2) is 5.84. The average Bonchev–Trinajstić information content (AvgIpc) is 1.97. The van der Waals surface area contributed by atoms with E-state index in [1.807, 2.05) is 13.8 Å². The molecule has 0 aromatic carbocycles. The Balaban J connectivity index is 4.30. The summed E-state index contributed by atoms with van der Waals surface area (Å²) in [7, 11) is 0. The minimum Gasteiger partial charge on any atom is -0.481 e. The van der Waals surface area contributed by atoms with Crippen molar-refractivity contribution >= 4 is 11.9 Å². The van der Waals surface area contributed by atoms with E-state index in [-0.39, 0.29) is 30.7 Å². The van der Waals surface area contributed by atoms with E-state index in [1.165, 1.54) is 0 Å². The lowest BCUT2D eigenvalue weighted by Crippen LogP contribution is -2.45. The largest absolute Gasteiger partial charge is 0.481 e. The smallest absolute Gasteiger partial charge is 0.305 e. The van der Waals surface area contributed by atoms with Gasteiger partial charge in [-0.25, -0.2) is 0 Å². The Labute approximate surface area is 96.4 Å². The first kappa shape index (κ1) is 14.9. The molecular weight excluding hydrogens is 208 g/mol. The Hall–Kier alpha value is -1.10. The van der Waals surface area contributed by atoms with Gasteiger partial charge in [0.15, 0.2) is 0 Å². The van der Waals surface area contributed by atoms with Gasteiger partial charge in [-0.2, -0.15) is 0 Å². The molecule has 1 atom stereocenters. The minimum atomic E-state index is -0.911. The van der Waals surface area contributed by atoms with Crippen LogP contribution in [-0.4, -0.2) is 28.6 Å². The second-order valence-electron chi connectivity index (χ2n) is 5.18. The molecular formula is C11H22N2O3. The third kappa shape index (κ3) is 7.23. The number of carbonyl (C=O) groups is 2. The molecule has 0 aliphatic heterocycles. The summed E-state index contributed by atoms with van der Waals surface area (Å²) < 4.78 is 0. The molecule has 0 rings (SSSR count). The molecule has 0 aromatic rings. The Morgan fingerprint density at radius 2 is 1.88 bits per heavy atom. The standard InChI is InChI=1S/C11H22N2O3/c1-7(2)8(5-10(15)16)13-9(14)6-11(3,4)12/h7-8H,5-6,12H2,1-4H3,(H,13,14)(H,15,16). The topological polar surface area (TPSA) is 92.4 Å². The minimum absolute atomic E-state index is 0.0611. The van der Waals surface area contributed by atoms with E-state index in [0.29, 0.717) is 0 Å². The fourth-order valence-corrected chi connectivity index (χ4v) is 1.31. The summed E-state index contributed by atoms with van der Waals surface area (Å²) in [6.07, 6.45) is 0.129. The molecule has 0 saturated heterocycles. The van der Waals surface area contributed by atoms with Crippen LogP contribution in [0.5, 0.6) is 0 Å². The lowest BCUT2D eigenvalue weighted by atomic mass is 9.98. The van der Waals surface area contributed by atoms with Gasteiger partial charge in [0, 0.05) is 18.0 Å². The zero-order valence-corrected chi connectivity index (χ0v) is 10.4. The van der Waals surface area contributed by atoms with Crippen LogP contribution in [0.15, 0.2) is 0 Å². The lowest BCUT2D eigenvalue weighted by molar-refractivity contribution is -0.138. The van der Waals surface area contributed by atoms with Gasteiger partial charge in [0.25, 0.3) is 0 Å². The van der Waals surface area contributed by atoms with Crippen molar-refractivity contribution in [1.29, 1.82) is 0 Å². The first-order valence-corrected chi connectivity index (χ1v) is 5.42. The summed E-state index contributed by atoms with van der Waals surface area (Å²) in [6.45, 7) is 7.27. The number of amides is 1. The highest BCUT2D eigenvalue weighted by molar-refractivity contribution is 5.78. The van der Waals surface area contributed by atoms with E-state index in [2.05, 4.69) is 5.32 Å². The molecule has 0 aromatic heterocycles. The first-order chi connectivity index (χ1) is 7.11. The highest BCUT2D eigenvalue weighted by Gasteiger charge is 2.22. The van der Waals surface area contributed by atoms with Gasteiger partial charge in [-0.15, -0.1) is 0 Å². The van der Waals surface area contributed by atoms with Gasteiger partial charge in [-0.3, -0.25) is 9.59 Å². The molecule has 94 valence electrons. The third-order valence-electron chi connectivity index (χ3n) is 2.16. The van der Waals surface area contributed by atoms with E-state index < -0.39 is 11.5 Å². The number of rotatable bonds is 6. The monoisotopic (exact) mass is 230 g/mol. The van der Waals surface area contributed by atoms with Crippen molar-refractivity contribution in [3.8, 4) is 0 Å². The van der Waals surface area contributed by atoms with Crippen molar-refractivity contribution in [3.05, 3.63) is 0 Å². The zero-order valence-electron chi connectivity index (χ0n) is 10.4. The van der Waals surface area contributed by atoms with Crippen LogP contribution < -0.4 is 11.1 Å². The second-order valence-corrected chi connectivity index (χ2v) is 5.18. The van der Waals surface area contributed by atoms with Gasteiger partial charge >= 0.3 is 5.97 Å². The van der Waals surface area contributed by atoms with Crippen molar-refractivity contribution < 1.29 is 14.7 Å². The summed E-state index contributed by atoms with van der Waals surface area (Å²) in [5.74, 6) is -1.03. The van der Waals surface area contributed by atoms with Crippen LogP contribution in [-0.2, 0) is 9.59 Å².